The van der Waals surface area contributed by atoms with Crippen LogP contribution in [0.5, 0.6) is 0 Å². The lowest BCUT2D eigenvalue weighted by molar-refractivity contribution is -0.111. The second kappa shape index (κ2) is 10.8. The molecule has 176 valence electrons. The predicted octanol–water partition coefficient (Wildman–Crippen LogP) is 4.34. The smallest absolute Gasteiger partial charge is 0.249 e. The van der Waals surface area contributed by atoms with Crippen LogP contribution >= 0.6 is 0 Å². The van der Waals surface area contributed by atoms with E-state index in [1.165, 1.54) is 24.7 Å². The monoisotopic (exact) mass is 465 g/mol. The molecule has 1 aliphatic rings. The molecule has 0 atom stereocenters. The van der Waals surface area contributed by atoms with Gasteiger partial charge in [0.2, 0.25) is 5.91 Å². The van der Waals surface area contributed by atoms with E-state index in [0.717, 1.165) is 42.8 Å². The van der Waals surface area contributed by atoms with Crippen molar-refractivity contribution in [1.82, 2.24) is 24.8 Å². The summed E-state index contributed by atoms with van der Waals surface area (Å²) in [6, 6.07) is 15.9. The fourth-order valence-electron chi connectivity index (χ4n) is 4.12. The van der Waals surface area contributed by atoms with E-state index < -0.39 is 0 Å². The molecule has 5 rings (SSSR count). The number of benzene rings is 1. The fraction of sp³-hybridized carbons (Fsp3) is 0.222. The van der Waals surface area contributed by atoms with Gasteiger partial charge < -0.3 is 10.6 Å². The number of carbonyl (C=O) groups excluding carboxylic acids is 1. The Hall–Kier alpha value is -4.17. The Morgan fingerprint density at radius 2 is 1.86 bits per heavy atom. The Bertz CT molecular complexity index is 1320. The van der Waals surface area contributed by atoms with Crippen LogP contribution in [0.2, 0.25) is 0 Å². The third-order valence-electron chi connectivity index (χ3n) is 5.93. The maximum absolute atomic E-state index is 12.4. The first-order chi connectivity index (χ1) is 17.2. The van der Waals surface area contributed by atoms with Crippen molar-refractivity contribution in [1.29, 1.82) is 0 Å². The standard InChI is InChI=1S/C27H27N7O/c35-26(7-5-15-34-13-3-4-14-34)33-25-17-23-24(18-29-25)30-19-31-27(23)32-21-10-8-20(9-11-21)16-22-6-1-2-12-28-22/h1-2,5-12,17-19H,3-4,13-16H2,(H,29,33,35)(H,30,31,32)/b7-5+. The number of rotatable bonds is 8. The zero-order valence-corrected chi connectivity index (χ0v) is 19.4. The van der Waals surface area contributed by atoms with E-state index in [9.17, 15) is 4.79 Å². The molecule has 4 aromatic rings. The molecule has 1 aromatic carbocycles. The number of amides is 1. The van der Waals surface area contributed by atoms with Crippen LogP contribution in [0, 0.1) is 0 Å². The summed E-state index contributed by atoms with van der Waals surface area (Å²) in [6.07, 6.45) is 11.7. The third-order valence-corrected chi connectivity index (χ3v) is 5.93. The first-order valence-electron chi connectivity index (χ1n) is 11.8. The second-order valence-corrected chi connectivity index (χ2v) is 8.53. The Morgan fingerprint density at radius 3 is 2.66 bits per heavy atom. The summed E-state index contributed by atoms with van der Waals surface area (Å²) in [4.78, 5) is 32.1. The number of anilines is 3. The molecule has 1 amide bonds. The first-order valence-corrected chi connectivity index (χ1v) is 11.8. The topological polar surface area (TPSA) is 95.9 Å². The van der Waals surface area contributed by atoms with Crippen molar-refractivity contribution >= 4 is 34.1 Å². The van der Waals surface area contributed by atoms with Crippen LogP contribution < -0.4 is 10.6 Å². The molecule has 1 aliphatic heterocycles. The minimum absolute atomic E-state index is 0.203. The second-order valence-electron chi connectivity index (χ2n) is 8.53. The van der Waals surface area contributed by atoms with Gasteiger partial charge in [-0.3, -0.25) is 14.7 Å². The van der Waals surface area contributed by atoms with Gasteiger partial charge in [0.1, 0.15) is 18.0 Å². The van der Waals surface area contributed by atoms with Crippen molar-refractivity contribution in [3.63, 3.8) is 0 Å². The van der Waals surface area contributed by atoms with E-state index in [-0.39, 0.29) is 5.91 Å². The molecular formula is C27H27N7O. The summed E-state index contributed by atoms with van der Waals surface area (Å²) in [7, 11) is 0. The van der Waals surface area contributed by atoms with Gasteiger partial charge in [0.15, 0.2) is 0 Å². The zero-order chi connectivity index (χ0) is 23.9. The Morgan fingerprint density at radius 1 is 1.00 bits per heavy atom. The van der Waals surface area contributed by atoms with Gasteiger partial charge in [0.05, 0.1) is 11.7 Å². The van der Waals surface area contributed by atoms with Gasteiger partial charge in [-0.1, -0.05) is 24.3 Å². The van der Waals surface area contributed by atoms with Crippen molar-refractivity contribution in [2.45, 2.75) is 19.3 Å². The number of aromatic nitrogens is 4. The zero-order valence-electron chi connectivity index (χ0n) is 19.4. The molecule has 0 saturated carbocycles. The normalized spacial score (nSPS) is 13.9. The number of nitrogens with zero attached hydrogens (tertiary/aromatic N) is 5. The van der Waals surface area contributed by atoms with Crippen LogP contribution in [0.3, 0.4) is 0 Å². The molecule has 2 N–H and O–H groups in total. The lowest BCUT2D eigenvalue weighted by Crippen LogP contribution is -2.19. The predicted molar refractivity (Wildman–Crippen MR) is 138 cm³/mol. The van der Waals surface area contributed by atoms with Gasteiger partial charge in [-0.15, -0.1) is 0 Å². The van der Waals surface area contributed by atoms with Gasteiger partial charge in [0, 0.05) is 42.0 Å². The highest BCUT2D eigenvalue weighted by atomic mass is 16.1. The molecule has 8 nitrogen and oxygen atoms in total. The largest absolute Gasteiger partial charge is 0.340 e. The number of fused-ring (bicyclic) bond motifs is 1. The van der Waals surface area contributed by atoms with E-state index in [1.807, 2.05) is 42.6 Å². The highest BCUT2D eigenvalue weighted by molar-refractivity contribution is 6.00. The van der Waals surface area contributed by atoms with E-state index in [0.29, 0.717) is 17.2 Å². The molecule has 0 unspecified atom stereocenters. The highest BCUT2D eigenvalue weighted by Crippen LogP contribution is 2.25. The van der Waals surface area contributed by atoms with Crippen LogP contribution in [0.25, 0.3) is 10.9 Å². The number of likely N-dealkylation sites (tertiary alicyclic amines) is 1. The number of carbonyl (C=O) groups is 1. The average Bonchev–Trinajstić information content (AvgIpc) is 3.40. The van der Waals surface area contributed by atoms with Crippen LogP contribution in [0.15, 0.2) is 79.4 Å². The van der Waals surface area contributed by atoms with Gasteiger partial charge >= 0.3 is 0 Å². The molecule has 4 heterocycles. The highest BCUT2D eigenvalue weighted by Gasteiger charge is 2.10. The minimum atomic E-state index is -0.203. The molecule has 1 saturated heterocycles. The molecule has 0 radical (unpaired) electrons. The van der Waals surface area contributed by atoms with Crippen molar-refractivity contribution in [3.8, 4) is 0 Å². The first kappa shape index (κ1) is 22.6. The van der Waals surface area contributed by atoms with Crippen molar-refractivity contribution in [2.75, 3.05) is 30.3 Å². The Labute approximate surface area is 204 Å². The fourth-order valence-corrected chi connectivity index (χ4v) is 4.12. The summed E-state index contributed by atoms with van der Waals surface area (Å²) in [5, 5.41) is 6.97. The van der Waals surface area contributed by atoms with Crippen molar-refractivity contribution < 1.29 is 4.79 Å². The van der Waals surface area contributed by atoms with Gasteiger partial charge in [0.25, 0.3) is 0 Å². The van der Waals surface area contributed by atoms with Crippen LogP contribution in [0.1, 0.15) is 24.1 Å². The summed E-state index contributed by atoms with van der Waals surface area (Å²) >= 11 is 0. The summed E-state index contributed by atoms with van der Waals surface area (Å²) in [6.45, 7) is 2.99. The molecule has 35 heavy (non-hydrogen) atoms. The molecule has 0 spiro atoms. The van der Waals surface area contributed by atoms with Crippen molar-refractivity contribution in [2.24, 2.45) is 0 Å². The van der Waals surface area contributed by atoms with E-state index in [1.54, 1.807) is 18.3 Å². The quantitative estimate of drug-likeness (QED) is 0.374. The maximum atomic E-state index is 12.4. The number of hydrogen-bond donors (Lipinski definition) is 2. The van der Waals surface area contributed by atoms with E-state index >= 15 is 0 Å². The molecular weight excluding hydrogens is 438 g/mol. The molecule has 0 bridgehead atoms. The van der Waals surface area contributed by atoms with Crippen LogP contribution in [-0.4, -0.2) is 50.4 Å². The van der Waals surface area contributed by atoms with Crippen LogP contribution in [-0.2, 0) is 11.2 Å². The summed E-state index contributed by atoms with van der Waals surface area (Å²) in [5.41, 5.74) is 3.80. The number of hydrogen-bond acceptors (Lipinski definition) is 7. The minimum Gasteiger partial charge on any atom is -0.340 e. The lowest BCUT2D eigenvalue weighted by Gasteiger charge is -2.11. The maximum Gasteiger partial charge on any atom is 0.249 e. The van der Waals surface area contributed by atoms with Crippen molar-refractivity contribution in [3.05, 3.63) is 90.7 Å². The Balaban J connectivity index is 1.26. The molecule has 1 fully saturated rings. The lowest BCUT2D eigenvalue weighted by atomic mass is 10.1. The molecule has 8 heteroatoms. The Kier molecular flexibility index (Phi) is 7.00. The number of nitrogens with one attached hydrogen (secondary N) is 2. The van der Waals surface area contributed by atoms with Crippen LogP contribution in [0.4, 0.5) is 17.3 Å². The molecule has 3 aromatic heterocycles. The van der Waals surface area contributed by atoms with Gasteiger partial charge in [-0.2, -0.15) is 0 Å². The SMILES string of the molecule is O=C(/C=C/CN1CCCC1)Nc1cc2c(Nc3ccc(Cc4ccccn4)cc3)ncnc2cn1. The van der Waals surface area contributed by atoms with E-state index in [2.05, 4.69) is 47.6 Å². The average molecular weight is 466 g/mol. The van der Waals surface area contributed by atoms with Gasteiger partial charge in [-0.25, -0.2) is 15.0 Å². The van der Waals surface area contributed by atoms with E-state index in [4.69, 9.17) is 0 Å². The number of pyridine rings is 2. The summed E-state index contributed by atoms with van der Waals surface area (Å²) in [5.74, 6) is 0.901. The van der Waals surface area contributed by atoms with Gasteiger partial charge in [-0.05, 0) is 61.8 Å². The molecule has 0 aliphatic carbocycles. The third kappa shape index (κ3) is 6.04. The summed E-state index contributed by atoms with van der Waals surface area (Å²) < 4.78 is 0.